The number of hydrogen-bond acceptors (Lipinski definition) is 3. The molecule has 116 valence electrons. The normalized spacial score (nSPS) is 11.2. The number of benzene rings is 2. The second kappa shape index (κ2) is 6.56. The Balaban J connectivity index is 2.60. The zero-order valence-electron chi connectivity index (χ0n) is 11.2. The molecule has 22 heavy (non-hydrogen) atoms. The zero-order valence-corrected chi connectivity index (χ0v) is 13.6. The summed E-state index contributed by atoms with van der Waals surface area (Å²) in [7, 11) is -4.00. The van der Waals surface area contributed by atoms with Crippen LogP contribution >= 0.6 is 23.2 Å². The van der Waals surface area contributed by atoms with Crippen LogP contribution < -0.4 is 10.0 Å². The molecule has 5 nitrogen and oxygen atoms in total. The van der Waals surface area contributed by atoms with Crippen LogP contribution in [0, 0.1) is 0 Å². The predicted molar refractivity (Wildman–Crippen MR) is 86.6 cm³/mol. The van der Waals surface area contributed by atoms with E-state index >= 15 is 0 Å². The van der Waals surface area contributed by atoms with Crippen molar-refractivity contribution in [1.29, 1.82) is 0 Å². The molecular weight excluding hydrogens is 347 g/mol. The third-order valence-electron chi connectivity index (χ3n) is 2.81. The van der Waals surface area contributed by atoms with E-state index in [1.807, 2.05) is 0 Å². The monoisotopic (exact) mass is 358 g/mol. The van der Waals surface area contributed by atoms with Gasteiger partial charge in [-0.3, -0.25) is 9.10 Å². The standard InChI is InChI=1S/C14H12Cl2N2O3S/c15-10-6-7-12(16)13(8-10)18(9-14(17)19)22(20,21)11-4-2-1-3-5-11/h1-8H,9H2,(H2,17,19). The molecule has 2 aromatic carbocycles. The number of rotatable bonds is 5. The first kappa shape index (κ1) is 16.6. The highest BCUT2D eigenvalue weighted by atomic mass is 35.5. The largest absolute Gasteiger partial charge is 0.368 e. The lowest BCUT2D eigenvalue weighted by Gasteiger charge is -2.24. The Morgan fingerprint density at radius 3 is 2.32 bits per heavy atom. The molecule has 0 unspecified atom stereocenters. The number of primary amides is 1. The molecule has 2 aromatic rings. The second-order valence-electron chi connectivity index (χ2n) is 4.39. The molecule has 8 heteroatoms. The van der Waals surface area contributed by atoms with E-state index in [1.54, 1.807) is 18.2 Å². The van der Waals surface area contributed by atoms with Gasteiger partial charge < -0.3 is 5.73 Å². The summed E-state index contributed by atoms with van der Waals surface area (Å²) in [4.78, 5) is 11.3. The number of anilines is 1. The lowest BCUT2D eigenvalue weighted by atomic mass is 10.3. The summed E-state index contributed by atoms with van der Waals surface area (Å²) < 4.78 is 26.3. The van der Waals surface area contributed by atoms with Gasteiger partial charge in [0, 0.05) is 5.02 Å². The fraction of sp³-hybridized carbons (Fsp3) is 0.0714. The van der Waals surface area contributed by atoms with E-state index in [2.05, 4.69) is 0 Å². The Morgan fingerprint density at radius 2 is 1.73 bits per heavy atom. The van der Waals surface area contributed by atoms with E-state index in [-0.39, 0.29) is 20.6 Å². The fourth-order valence-corrected chi connectivity index (χ4v) is 3.74. The van der Waals surface area contributed by atoms with Gasteiger partial charge in [-0.05, 0) is 30.3 Å². The Hall–Kier alpha value is -1.76. The maximum atomic E-state index is 12.7. The molecule has 0 aliphatic rings. The van der Waals surface area contributed by atoms with Crippen LogP contribution in [0.2, 0.25) is 10.0 Å². The lowest BCUT2D eigenvalue weighted by Crippen LogP contribution is -2.38. The van der Waals surface area contributed by atoms with Crippen molar-refractivity contribution in [3.05, 3.63) is 58.6 Å². The van der Waals surface area contributed by atoms with Gasteiger partial charge in [0.05, 0.1) is 15.6 Å². The van der Waals surface area contributed by atoms with Gasteiger partial charge in [0.2, 0.25) is 5.91 Å². The van der Waals surface area contributed by atoms with Crippen LogP contribution in [0.15, 0.2) is 53.4 Å². The number of amides is 1. The summed E-state index contributed by atoms with van der Waals surface area (Å²) in [5.41, 5.74) is 5.27. The van der Waals surface area contributed by atoms with Crippen LogP contribution in [-0.4, -0.2) is 20.9 Å². The molecular formula is C14H12Cl2N2O3S. The van der Waals surface area contributed by atoms with Crippen molar-refractivity contribution >= 4 is 44.8 Å². The molecule has 0 spiro atoms. The van der Waals surface area contributed by atoms with Gasteiger partial charge in [-0.2, -0.15) is 0 Å². The molecule has 0 saturated carbocycles. The number of nitrogens with two attached hydrogens (primary N) is 1. The average molecular weight is 359 g/mol. The van der Waals surface area contributed by atoms with E-state index in [9.17, 15) is 13.2 Å². The second-order valence-corrected chi connectivity index (χ2v) is 7.09. The summed E-state index contributed by atoms with van der Waals surface area (Å²) in [5.74, 6) is -0.810. The number of halogens is 2. The van der Waals surface area contributed by atoms with Crippen molar-refractivity contribution in [2.75, 3.05) is 10.8 Å². The molecule has 0 aliphatic carbocycles. The average Bonchev–Trinajstić information content (AvgIpc) is 2.48. The smallest absolute Gasteiger partial charge is 0.264 e. The van der Waals surface area contributed by atoms with E-state index in [1.165, 1.54) is 30.3 Å². The van der Waals surface area contributed by atoms with Crippen LogP contribution in [-0.2, 0) is 14.8 Å². The fourth-order valence-electron chi connectivity index (χ4n) is 1.84. The summed E-state index contributed by atoms with van der Waals surface area (Å²) in [5, 5.41) is 0.433. The Kier molecular flexibility index (Phi) is 4.95. The van der Waals surface area contributed by atoms with Gasteiger partial charge in [-0.15, -0.1) is 0 Å². The quantitative estimate of drug-likeness (QED) is 0.891. The minimum Gasteiger partial charge on any atom is -0.368 e. The lowest BCUT2D eigenvalue weighted by molar-refractivity contribution is -0.116. The summed E-state index contributed by atoms with van der Waals surface area (Å²) in [6.45, 7) is -0.544. The summed E-state index contributed by atoms with van der Waals surface area (Å²) in [6.07, 6.45) is 0. The number of carbonyl (C=O) groups is 1. The van der Waals surface area contributed by atoms with Gasteiger partial charge in [-0.1, -0.05) is 41.4 Å². The molecule has 0 aliphatic heterocycles. The predicted octanol–water partition coefficient (Wildman–Crippen LogP) is 2.67. The molecule has 2 N–H and O–H groups in total. The van der Waals surface area contributed by atoms with Crippen molar-refractivity contribution in [2.45, 2.75) is 4.90 Å². The van der Waals surface area contributed by atoms with Crippen LogP contribution in [0.1, 0.15) is 0 Å². The number of hydrogen-bond donors (Lipinski definition) is 1. The number of nitrogens with zero attached hydrogens (tertiary/aromatic N) is 1. The Morgan fingerprint density at radius 1 is 1.09 bits per heavy atom. The van der Waals surface area contributed by atoms with Crippen LogP contribution in [0.4, 0.5) is 5.69 Å². The minimum absolute atomic E-state index is 0.0206. The molecule has 1 amide bonds. The van der Waals surface area contributed by atoms with E-state index < -0.39 is 22.5 Å². The van der Waals surface area contributed by atoms with Crippen LogP contribution in [0.3, 0.4) is 0 Å². The SMILES string of the molecule is NC(=O)CN(c1cc(Cl)ccc1Cl)S(=O)(=O)c1ccccc1. The highest BCUT2D eigenvalue weighted by Crippen LogP contribution is 2.32. The zero-order chi connectivity index (χ0) is 16.3. The Labute approximate surface area is 138 Å². The van der Waals surface area contributed by atoms with Gasteiger partial charge in [-0.25, -0.2) is 8.42 Å². The first-order valence-electron chi connectivity index (χ1n) is 6.13. The summed E-state index contributed by atoms with van der Waals surface area (Å²) in [6, 6.07) is 12.0. The number of carbonyl (C=O) groups excluding carboxylic acids is 1. The van der Waals surface area contributed by atoms with Gasteiger partial charge in [0.15, 0.2) is 0 Å². The molecule has 0 aromatic heterocycles. The Bertz CT molecular complexity index is 795. The van der Waals surface area contributed by atoms with Crippen molar-refractivity contribution < 1.29 is 13.2 Å². The third kappa shape index (κ3) is 3.52. The molecule has 2 rings (SSSR count). The highest BCUT2D eigenvalue weighted by Gasteiger charge is 2.28. The molecule has 0 saturated heterocycles. The van der Waals surface area contributed by atoms with Crippen molar-refractivity contribution in [2.24, 2.45) is 5.73 Å². The van der Waals surface area contributed by atoms with Crippen LogP contribution in [0.5, 0.6) is 0 Å². The topological polar surface area (TPSA) is 80.5 Å². The highest BCUT2D eigenvalue weighted by molar-refractivity contribution is 7.92. The van der Waals surface area contributed by atoms with Crippen molar-refractivity contribution in [3.8, 4) is 0 Å². The molecule has 0 radical (unpaired) electrons. The number of sulfonamides is 1. The first-order chi connectivity index (χ1) is 10.3. The minimum atomic E-state index is -4.00. The van der Waals surface area contributed by atoms with E-state index in [4.69, 9.17) is 28.9 Å². The molecule has 0 bridgehead atoms. The molecule has 0 atom stereocenters. The maximum Gasteiger partial charge on any atom is 0.264 e. The van der Waals surface area contributed by atoms with Gasteiger partial charge in [0.25, 0.3) is 10.0 Å². The van der Waals surface area contributed by atoms with Crippen LogP contribution in [0.25, 0.3) is 0 Å². The van der Waals surface area contributed by atoms with Crippen molar-refractivity contribution in [1.82, 2.24) is 0 Å². The first-order valence-corrected chi connectivity index (χ1v) is 8.33. The molecule has 0 heterocycles. The summed E-state index contributed by atoms with van der Waals surface area (Å²) >= 11 is 11.9. The van der Waals surface area contributed by atoms with Gasteiger partial charge >= 0.3 is 0 Å². The van der Waals surface area contributed by atoms with Gasteiger partial charge in [0.1, 0.15) is 6.54 Å². The van der Waals surface area contributed by atoms with E-state index in [0.717, 1.165) is 4.31 Å². The van der Waals surface area contributed by atoms with Crippen molar-refractivity contribution in [3.63, 3.8) is 0 Å². The molecule has 0 fully saturated rings. The third-order valence-corrected chi connectivity index (χ3v) is 5.14. The van der Waals surface area contributed by atoms with E-state index in [0.29, 0.717) is 0 Å². The maximum absolute atomic E-state index is 12.7.